The molecule has 0 saturated carbocycles. The first kappa shape index (κ1) is 19.3. The van der Waals surface area contributed by atoms with E-state index in [0.717, 1.165) is 38.9 Å². The summed E-state index contributed by atoms with van der Waals surface area (Å²) in [5, 5.41) is 0. The molecule has 30 heavy (non-hydrogen) atoms. The number of urea groups is 1. The van der Waals surface area contributed by atoms with Crippen molar-refractivity contribution in [3.8, 4) is 0 Å². The Balaban J connectivity index is 1.19. The molecule has 3 atom stereocenters. The van der Waals surface area contributed by atoms with Crippen LogP contribution < -0.4 is 0 Å². The maximum atomic E-state index is 13.2. The van der Waals surface area contributed by atoms with E-state index < -0.39 is 0 Å². The van der Waals surface area contributed by atoms with Crippen molar-refractivity contribution in [2.75, 3.05) is 45.8 Å². The fourth-order valence-corrected chi connectivity index (χ4v) is 5.64. The fraction of sp³-hybridized carbons (Fsp3) is 0.667. The molecule has 4 fully saturated rings. The summed E-state index contributed by atoms with van der Waals surface area (Å²) in [7, 11) is 0. The standard InChI is InChI=1S/C21H28N6O3/c28-19-3-1-2-18-16-10-15(13-27(18)19)12-26(14-16)21(30)25-8-6-24(7-9-25)20(29)17-11-22-4-5-23-17/h4-5,11,15-16,18H,1-3,6-10,12-14H2/t15-,16-,18-/m1/s1. The monoisotopic (exact) mass is 412 g/mol. The molecule has 0 spiro atoms. The lowest BCUT2D eigenvalue weighted by Gasteiger charge is -2.53. The molecule has 5 heterocycles. The number of carbonyl (C=O) groups is 3. The van der Waals surface area contributed by atoms with Gasteiger partial charge in [-0.3, -0.25) is 14.6 Å². The largest absolute Gasteiger partial charge is 0.339 e. The highest BCUT2D eigenvalue weighted by molar-refractivity contribution is 5.92. The van der Waals surface area contributed by atoms with Gasteiger partial charge >= 0.3 is 6.03 Å². The second-order valence-corrected chi connectivity index (χ2v) is 8.92. The summed E-state index contributed by atoms with van der Waals surface area (Å²) in [4.78, 5) is 53.8. The Labute approximate surface area is 176 Å². The van der Waals surface area contributed by atoms with Gasteiger partial charge in [0.1, 0.15) is 5.69 Å². The Morgan fingerprint density at radius 3 is 2.53 bits per heavy atom. The third-order valence-corrected chi connectivity index (χ3v) is 7.07. The van der Waals surface area contributed by atoms with E-state index in [4.69, 9.17) is 0 Å². The quantitative estimate of drug-likeness (QED) is 0.677. The number of fused-ring (bicyclic) bond motifs is 4. The SMILES string of the molecule is O=C(c1cnccn1)N1CCN(C(=O)N2C[C@H]3C[C@H](C2)[C@H]2CCCC(=O)N2C3)CC1. The van der Waals surface area contributed by atoms with Crippen LogP contribution in [-0.2, 0) is 4.79 Å². The van der Waals surface area contributed by atoms with Gasteiger partial charge < -0.3 is 19.6 Å². The van der Waals surface area contributed by atoms with E-state index in [2.05, 4.69) is 14.9 Å². The maximum Gasteiger partial charge on any atom is 0.320 e. The van der Waals surface area contributed by atoms with Gasteiger partial charge in [0.15, 0.2) is 0 Å². The van der Waals surface area contributed by atoms with Crippen LogP contribution in [0.1, 0.15) is 36.2 Å². The van der Waals surface area contributed by atoms with Crippen molar-refractivity contribution in [2.24, 2.45) is 11.8 Å². The number of amides is 4. The molecule has 9 heteroatoms. The number of piperazine rings is 1. The van der Waals surface area contributed by atoms with Gasteiger partial charge in [-0.05, 0) is 31.1 Å². The van der Waals surface area contributed by atoms with Crippen molar-refractivity contribution in [2.45, 2.75) is 31.7 Å². The Kier molecular flexibility index (Phi) is 5.04. The normalized spacial score (nSPS) is 28.9. The highest BCUT2D eigenvalue weighted by atomic mass is 16.2. The molecule has 1 aromatic rings. The highest BCUT2D eigenvalue weighted by Crippen LogP contribution is 2.38. The zero-order valence-corrected chi connectivity index (χ0v) is 17.2. The molecule has 4 amide bonds. The number of likely N-dealkylation sites (tertiary alicyclic amines) is 1. The van der Waals surface area contributed by atoms with Crippen LogP contribution in [0.2, 0.25) is 0 Å². The number of carbonyl (C=O) groups excluding carboxylic acids is 3. The van der Waals surface area contributed by atoms with Crippen LogP contribution in [0, 0.1) is 11.8 Å². The van der Waals surface area contributed by atoms with Crippen LogP contribution in [-0.4, -0.2) is 99.3 Å². The Hall–Kier alpha value is -2.71. The number of rotatable bonds is 1. The minimum Gasteiger partial charge on any atom is -0.339 e. The zero-order valence-electron chi connectivity index (χ0n) is 17.2. The van der Waals surface area contributed by atoms with Crippen molar-refractivity contribution in [1.29, 1.82) is 0 Å². The maximum absolute atomic E-state index is 13.2. The number of nitrogens with zero attached hydrogens (tertiary/aromatic N) is 6. The molecular weight excluding hydrogens is 384 g/mol. The summed E-state index contributed by atoms with van der Waals surface area (Å²) < 4.78 is 0. The minimum absolute atomic E-state index is 0.0758. The van der Waals surface area contributed by atoms with Gasteiger partial charge in [-0.1, -0.05) is 0 Å². The molecule has 4 saturated heterocycles. The summed E-state index contributed by atoms with van der Waals surface area (Å²) in [6.45, 7) is 4.34. The van der Waals surface area contributed by atoms with Crippen molar-refractivity contribution in [1.82, 2.24) is 29.6 Å². The second-order valence-electron chi connectivity index (χ2n) is 8.92. The van der Waals surface area contributed by atoms with Gasteiger partial charge in [0.05, 0.1) is 6.20 Å². The first-order valence-electron chi connectivity index (χ1n) is 11.0. The topological polar surface area (TPSA) is 90.0 Å². The van der Waals surface area contributed by atoms with Crippen molar-refractivity contribution in [3.63, 3.8) is 0 Å². The fourth-order valence-electron chi connectivity index (χ4n) is 5.64. The average Bonchev–Trinajstić information content (AvgIpc) is 2.79. The molecular formula is C21H28N6O3. The molecule has 2 bridgehead atoms. The van der Waals surface area contributed by atoms with E-state index >= 15 is 0 Å². The molecule has 4 aliphatic rings. The Morgan fingerprint density at radius 2 is 1.77 bits per heavy atom. The number of aromatic nitrogens is 2. The molecule has 1 aromatic heterocycles. The zero-order chi connectivity index (χ0) is 20.7. The van der Waals surface area contributed by atoms with Crippen molar-refractivity contribution in [3.05, 3.63) is 24.3 Å². The van der Waals surface area contributed by atoms with Crippen LogP contribution >= 0.6 is 0 Å². The lowest BCUT2D eigenvalue weighted by molar-refractivity contribution is -0.144. The lowest BCUT2D eigenvalue weighted by atomic mass is 9.76. The van der Waals surface area contributed by atoms with E-state index in [-0.39, 0.29) is 11.9 Å². The molecule has 9 nitrogen and oxygen atoms in total. The summed E-state index contributed by atoms with van der Waals surface area (Å²) in [5.74, 6) is 0.935. The summed E-state index contributed by atoms with van der Waals surface area (Å²) in [5.41, 5.74) is 0.340. The highest BCUT2D eigenvalue weighted by Gasteiger charge is 2.45. The van der Waals surface area contributed by atoms with E-state index in [1.54, 1.807) is 11.1 Å². The molecule has 0 radical (unpaired) electrons. The van der Waals surface area contributed by atoms with E-state index in [1.807, 2.05) is 9.80 Å². The van der Waals surface area contributed by atoms with Gasteiger partial charge in [0.2, 0.25) is 5.91 Å². The summed E-state index contributed by atoms with van der Waals surface area (Å²) in [6, 6.07) is 0.381. The second kappa shape index (κ2) is 7.85. The summed E-state index contributed by atoms with van der Waals surface area (Å²) in [6.07, 6.45) is 8.37. The third kappa shape index (κ3) is 3.50. The van der Waals surface area contributed by atoms with Gasteiger partial charge in [-0.2, -0.15) is 0 Å². The Morgan fingerprint density at radius 1 is 0.967 bits per heavy atom. The third-order valence-electron chi connectivity index (χ3n) is 7.07. The van der Waals surface area contributed by atoms with Crippen LogP contribution in [0.25, 0.3) is 0 Å². The number of piperidine rings is 3. The van der Waals surface area contributed by atoms with E-state index in [9.17, 15) is 14.4 Å². The first-order valence-corrected chi connectivity index (χ1v) is 11.0. The lowest BCUT2D eigenvalue weighted by Crippen LogP contribution is -2.63. The van der Waals surface area contributed by atoms with Crippen LogP contribution in [0.4, 0.5) is 4.79 Å². The number of hydrogen-bond acceptors (Lipinski definition) is 5. The molecule has 0 aliphatic carbocycles. The molecule has 0 aromatic carbocycles. The van der Waals surface area contributed by atoms with E-state index in [1.165, 1.54) is 12.4 Å². The smallest absolute Gasteiger partial charge is 0.320 e. The van der Waals surface area contributed by atoms with E-state index in [0.29, 0.717) is 62.1 Å². The predicted molar refractivity (Wildman–Crippen MR) is 107 cm³/mol. The van der Waals surface area contributed by atoms with Gasteiger partial charge in [0, 0.05) is 70.7 Å². The Bertz CT molecular complexity index is 825. The van der Waals surface area contributed by atoms with Crippen LogP contribution in [0.5, 0.6) is 0 Å². The predicted octanol–water partition coefficient (Wildman–Crippen LogP) is 0.687. The molecule has 0 N–H and O–H groups in total. The molecule has 5 rings (SSSR count). The first-order chi connectivity index (χ1) is 14.6. The van der Waals surface area contributed by atoms with Crippen molar-refractivity contribution < 1.29 is 14.4 Å². The van der Waals surface area contributed by atoms with Gasteiger partial charge in [-0.25, -0.2) is 9.78 Å². The van der Waals surface area contributed by atoms with Crippen LogP contribution in [0.3, 0.4) is 0 Å². The van der Waals surface area contributed by atoms with Crippen LogP contribution in [0.15, 0.2) is 18.6 Å². The molecule has 160 valence electrons. The molecule has 4 aliphatic heterocycles. The average molecular weight is 412 g/mol. The number of hydrogen-bond donors (Lipinski definition) is 0. The minimum atomic E-state index is -0.134. The molecule has 0 unspecified atom stereocenters. The van der Waals surface area contributed by atoms with Crippen molar-refractivity contribution >= 4 is 17.8 Å². The summed E-state index contributed by atoms with van der Waals surface area (Å²) >= 11 is 0. The van der Waals surface area contributed by atoms with Gasteiger partial charge in [0.25, 0.3) is 5.91 Å². The van der Waals surface area contributed by atoms with Gasteiger partial charge in [-0.15, -0.1) is 0 Å².